The van der Waals surface area contributed by atoms with Crippen molar-refractivity contribution in [1.29, 1.82) is 0 Å². The fourth-order valence-corrected chi connectivity index (χ4v) is 4.09. The molecule has 0 unspecified atom stereocenters. The van der Waals surface area contributed by atoms with E-state index < -0.39 is 5.82 Å². The van der Waals surface area contributed by atoms with Gasteiger partial charge in [0, 0.05) is 17.8 Å². The molecule has 4 aromatic heterocycles. The van der Waals surface area contributed by atoms with Crippen LogP contribution in [0.4, 0.5) is 15.9 Å². The summed E-state index contributed by atoms with van der Waals surface area (Å²) in [5.74, 6) is 1.52. The Labute approximate surface area is 205 Å². The molecule has 5 aromatic rings. The minimum Gasteiger partial charge on any atom is -0.457 e. The Hall–Kier alpha value is -4.51. The fraction of sp³-hybridized carbons (Fsp3) is 0.200. The summed E-state index contributed by atoms with van der Waals surface area (Å²) in [4.78, 5) is 22.0. The van der Waals surface area contributed by atoms with Crippen molar-refractivity contribution in [2.75, 3.05) is 18.4 Å². The fourth-order valence-electron chi connectivity index (χ4n) is 4.09. The molecule has 1 aliphatic rings. The van der Waals surface area contributed by atoms with Crippen LogP contribution in [0.2, 0.25) is 0 Å². The first-order chi connectivity index (χ1) is 17.7. The summed E-state index contributed by atoms with van der Waals surface area (Å²) < 4.78 is 23.0. The zero-order valence-electron chi connectivity index (χ0n) is 19.4. The van der Waals surface area contributed by atoms with Gasteiger partial charge < -0.3 is 15.4 Å². The van der Waals surface area contributed by atoms with Gasteiger partial charge in [-0.05, 0) is 56.6 Å². The molecule has 0 radical (unpaired) electrons. The Morgan fingerprint density at radius 3 is 2.97 bits per heavy atom. The van der Waals surface area contributed by atoms with Gasteiger partial charge in [0.15, 0.2) is 23.1 Å². The second kappa shape index (κ2) is 9.27. The Morgan fingerprint density at radius 2 is 2.03 bits per heavy atom. The van der Waals surface area contributed by atoms with Crippen molar-refractivity contribution in [3.63, 3.8) is 0 Å². The van der Waals surface area contributed by atoms with Crippen molar-refractivity contribution < 1.29 is 9.13 Å². The second-order valence-corrected chi connectivity index (χ2v) is 8.37. The average Bonchev–Trinajstić information content (AvgIpc) is 3.20. The van der Waals surface area contributed by atoms with Gasteiger partial charge in [-0.2, -0.15) is 5.10 Å². The van der Waals surface area contributed by atoms with Crippen LogP contribution >= 0.6 is 0 Å². The van der Waals surface area contributed by atoms with E-state index in [1.54, 1.807) is 48.1 Å². The van der Waals surface area contributed by atoms with Gasteiger partial charge in [0.2, 0.25) is 0 Å². The molecule has 180 valence electrons. The SMILES string of the molecule is Cc1c(Oc2ccn3ncnc3c2)ccc(Nc2ncnc3cnc(C4=CCCNCC4)nc23)c1F. The number of ether oxygens (including phenoxy) is 1. The molecule has 2 N–H and O–H groups in total. The Morgan fingerprint density at radius 1 is 1.08 bits per heavy atom. The molecule has 0 fully saturated rings. The first-order valence-electron chi connectivity index (χ1n) is 11.6. The number of nitrogens with one attached hydrogen (secondary N) is 2. The zero-order chi connectivity index (χ0) is 24.5. The van der Waals surface area contributed by atoms with E-state index in [0.717, 1.165) is 31.5 Å². The van der Waals surface area contributed by atoms with Crippen molar-refractivity contribution in [2.24, 2.45) is 0 Å². The number of aromatic nitrogens is 7. The van der Waals surface area contributed by atoms with Crippen LogP contribution in [-0.4, -0.2) is 47.6 Å². The maximum atomic E-state index is 15.4. The molecule has 36 heavy (non-hydrogen) atoms. The van der Waals surface area contributed by atoms with Gasteiger partial charge in [-0.25, -0.2) is 33.8 Å². The van der Waals surface area contributed by atoms with Crippen LogP contribution < -0.4 is 15.4 Å². The summed E-state index contributed by atoms with van der Waals surface area (Å²) in [6.07, 6.45) is 10.2. The molecule has 0 bridgehead atoms. The summed E-state index contributed by atoms with van der Waals surface area (Å²) in [6, 6.07) is 6.81. The standard InChI is InChI=1S/C25H22FN9O/c1-15-20(36-17-7-10-35-21(11-17)30-14-32-35)5-4-18(22(15)26)33-25-23-19(29-13-31-25)12-28-24(34-23)16-3-2-8-27-9-6-16/h3-5,7,10-14,27H,2,6,8-9H2,1H3,(H,29,31,33). The molecular weight excluding hydrogens is 461 g/mol. The largest absolute Gasteiger partial charge is 0.457 e. The van der Waals surface area contributed by atoms with E-state index in [2.05, 4.69) is 41.7 Å². The minimum atomic E-state index is -0.449. The van der Waals surface area contributed by atoms with Gasteiger partial charge in [0.1, 0.15) is 35.2 Å². The van der Waals surface area contributed by atoms with Crippen LogP contribution in [0.5, 0.6) is 11.5 Å². The number of halogens is 1. The van der Waals surface area contributed by atoms with Crippen LogP contribution in [-0.2, 0) is 0 Å². The molecule has 0 saturated heterocycles. The maximum absolute atomic E-state index is 15.4. The van der Waals surface area contributed by atoms with Crippen molar-refractivity contribution in [2.45, 2.75) is 19.8 Å². The van der Waals surface area contributed by atoms with Gasteiger partial charge in [0.25, 0.3) is 0 Å². The Kier molecular flexibility index (Phi) is 5.66. The summed E-state index contributed by atoms with van der Waals surface area (Å²) in [5, 5.41) is 10.5. The second-order valence-electron chi connectivity index (χ2n) is 8.37. The van der Waals surface area contributed by atoms with Crippen LogP contribution in [0, 0.1) is 12.7 Å². The van der Waals surface area contributed by atoms with E-state index in [9.17, 15) is 0 Å². The molecule has 0 aliphatic carbocycles. The molecule has 0 atom stereocenters. The van der Waals surface area contributed by atoms with Crippen molar-refractivity contribution >= 4 is 33.8 Å². The molecule has 1 aromatic carbocycles. The lowest BCUT2D eigenvalue weighted by Gasteiger charge is -2.14. The molecule has 1 aliphatic heterocycles. The average molecular weight is 484 g/mol. The van der Waals surface area contributed by atoms with E-state index in [-0.39, 0.29) is 5.69 Å². The number of benzene rings is 1. The quantitative estimate of drug-likeness (QED) is 0.379. The molecule has 5 heterocycles. The lowest BCUT2D eigenvalue weighted by molar-refractivity contribution is 0.471. The molecule has 0 amide bonds. The van der Waals surface area contributed by atoms with Crippen LogP contribution in [0.1, 0.15) is 24.2 Å². The third-order valence-electron chi connectivity index (χ3n) is 6.02. The highest BCUT2D eigenvalue weighted by Crippen LogP contribution is 2.33. The van der Waals surface area contributed by atoms with Gasteiger partial charge >= 0.3 is 0 Å². The van der Waals surface area contributed by atoms with Gasteiger partial charge in [-0.1, -0.05) is 6.08 Å². The summed E-state index contributed by atoms with van der Waals surface area (Å²) in [6.45, 7) is 3.46. The monoisotopic (exact) mass is 483 g/mol. The molecule has 11 heteroatoms. The van der Waals surface area contributed by atoms with Crippen molar-refractivity contribution in [1.82, 2.24) is 39.9 Å². The number of nitrogens with zero attached hydrogens (tertiary/aromatic N) is 7. The number of anilines is 2. The van der Waals surface area contributed by atoms with E-state index in [0.29, 0.717) is 45.4 Å². The predicted molar refractivity (Wildman–Crippen MR) is 133 cm³/mol. The molecule has 0 saturated carbocycles. The number of hydrogen-bond acceptors (Lipinski definition) is 9. The van der Waals surface area contributed by atoms with Gasteiger partial charge in [-0.15, -0.1) is 0 Å². The topological polar surface area (TPSA) is 115 Å². The van der Waals surface area contributed by atoms with E-state index in [1.807, 2.05) is 0 Å². The number of fused-ring (bicyclic) bond motifs is 2. The highest BCUT2D eigenvalue weighted by atomic mass is 19.1. The number of pyridine rings is 1. The lowest BCUT2D eigenvalue weighted by Crippen LogP contribution is -2.14. The molecule has 0 spiro atoms. The molecular formula is C25H22FN9O. The summed E-state index contributed by atoms with van der Waals surface area (Å²) in [7, 11) is 0. The number of hydrogen-bond donors (Lipinski definition) is 2. The maximum Gasteiger partial charge on any atom is 0.160 e. The molecule has 6 rings (SSSR count). The van der Waals surface area contributed by atoms with E-state index in [1.165, 1.54) is 12.7 Å². The predicted octanol–water partition coefficient (Wildman–Crippen LogP) is 4.21. The zero-order valence-corrected chi connectivity index (χ0v) is 19.4. The number of rotatable bonds is 5. The first-order valence-corrected chi connectivity index (χ1v) is 11.6. The van der Waals surface area contributed by atoms with Crippen molar-refractivity contribution in [3.8, 4) is 11.5 Å². The van der Waals surface area contributed by atoms with Crippen LogP contribution in [0.15, 0.2) is 55.4 Å². The van der Waals surface area contributed by atoms with Crippen LogP contribution in [0.25, 0.3) is 22.3 Å². The Bertz CT molecular complexity index is 1610. The third kappa shape index (κ3) is 4.20. The van der Waals surface area contributed by atoms with E-state index >= 15 is 4.39 Å². The smallest absolute Gasteiger partial charge is 0.160 e. The van der Waals surface area contributed by atoms with Gasteiger partial charge in [0.05, 0.1) is 11.9 Å². The summed E-state index contributed by atoms with van der Waals surface area (Å²) in [5.41, 5.74) is 3.42. The lowest BCUT2D eigenvalue weighted by atomic mass is 10.1. The van der Waals surface area contributed by atoms with Crippen molar-refractivity contribution in [3.05, 3.63) is 72.6 Å². The van der Waals surface area contributed by atoms with E-state index in [4.69, 9.17) is 9.72 Å². The third-order valence-corrected chi connectivity index (χ3v) is 6.02. The normalized spacial score (nSPS) is 14.0. The van der Waals surface area contributed by atoms with Gasteiger partial charge in [-0.3, -0.25) is 0 Å². The van der Waals surface area contributed by atoms with Crippen LogP contribution in [0.3, 0.4) is 0 Å². The first kappa shape index (κ1) is 22.0. The summed E-state index contributed by atoms with van der Waals surface area (Å²) >= 11 is 0. The minimum absolute atomic E-state index is 0.255. The highest BCUT2D eigenvalue weighted by molar-refractivity contribution is 5.87. The highest BCUT2D eigenvalue weighted by Gasteiger charge is 2.16. The Balaban J connectivity index is 1.30. The molecule has 10 nitrogen and oxygen atoms in total.